The summed E-state index contributed by atoms with van der Waals surface area (Å²) in [6.45, 7) is 1.33. The van der Waals surface area contributed by atoms with Gasteiger partial charge in [-0.25, -0.2) is 0 Å². The van der Waals surface area contributed by atoms with Gasteiger partial charge in [0.25, 0.3) is 0 Å². The molecule has 3 N–H and O–H groups in total. The van der Waals surface area contributed by atoms with Crippen LogP contribution in [-0.2, 0) is 9.53 Å². The third-order valence-corrected chi connectivity index (χ3v) is 5.08. The van der Waals surface area contributed by atoms with Gasteiger partial charge in [-0.15, -0.1) is 24.7 Å². The Bertz CT molecular complexity index is 907. The number of carbonyl (C=O) groups excluding carboxylic acids is 1. The Hall–Kier alpha value is -3.19. The van der Waals surface area contributed by atoms with Crippen molar-refractivity contribution in [1.82, 2.24) is 0 Å². The summed E-state index contributed by atoms with van der Waals surface area (Å²) in [4.78, 5) is 10.9. The molecule has 0 aliphatic rings. The Kier molecular flexibility index (Phi) is 22.4. The minimum absolute atomic E-state index is 0.391. The summed E-state index contributed by atoms with van der Waals surface area (Å²) in [5.41, 5.74) is 0. The van der Waals surface area contributed by atoms with Crippen molar-refractivity contribution in [3.8, 4) is 48.4 Å². The molecule has 0 aliphatic carbocycles. The summed E-state index contributed by atoms with van der Waals surface area (Å²) in [6, 6.07) is 0. The van der Waals surface area contributed by atoms with Crippen LogP contribution in [0, 0.1) is 48.4 Å². The van der Waals surface area contributed by atoms with E-state index in [1.54, 1.807) is 12.2 Å². The number of hydrogen-bond acceptors (Lipinski definition) is 5. The van der Waals surface area contributed by atoms with Gasteiger partial charge in [0, 0.05) is 19.8 Å². The normalized spacial score (nSPS) is 14.1. The monoisotopic (exact) mass is 506 g/mol. The fraction of sp³-hybridized carbons (Fsp3) is 0.531. The second-order valence-corrected chi connectivity index (χ2v) is 8.49. The van der Waals surface area contributed by atoms with Crippen molar-refractivity contribution in [3.63, 3.8) is 0 Å². The van der Waals surface area contributed by atoms with E-state index in [1.165, 1.54) is 19.1 Å². The van der Waals surface area contributed by atoms with Crippen molar-refractivity contribution >= 4 is 5.97 Å². The maximum atomic E-state index is 10.9. The summed E-state index contributed by atoms with van der Waals surface area (Å²) >= 11 is 0. The van der Waals surface area contributed by atoms with Crippen molar-refractivity contribution < 1.29 is 24.9 Å². The van der Waals surface area contributed by atoms with Crippen LogP contribution in [0.4, 0.5) is 0 Å². The van der Waals surface area contributed by atoms with E-state index in [9.17, 15) is 20.1 Å². The van der Waals surface area contributed by atoms with Crippen LogP contribution in [0.5, 0.6) is 0 Å². The van der Waals surface area contributed by atoms with Gasteiger partial charge < -0.3 is 20.1 Å². The molecule has 0 aliphatic heterocycles. The molecular weight excluding hydrogens is 464 g/mol. The molecule has 5 heteroatoms. The molecule has 0 heterocycles. The van der Waals surface area contributed by atoms with Crippen LogP contribution in [0.1, 0.15) is 84.0 Å². The van der Waals surface area contributed by atoms with Gasteiger partial charge in [0.2, 0.25) is 0 Å². The summed E-state index contributed by atoms with van der Waals surface area (Å²) in [7, 11) is 0. The minimum atomic E-state index is -0.918. The summed E-state index contributed by atoms with van der Waals surface area (Å²) in [5.74, 6) is 15.7. The molecule has 5 nitrogen and oxygen atoms in total. The van der Waals surface area contributed by atoms with E-state index in [-0.39, 0.29) is 0 Å². The number of rotatable bonds is 17. The van der Waals surface area contributed by atoms with E-state index in [2.05, 4.69) is 35.5 Å². The Morgan fingerprint density at radius 3 is 1.65 bits per heavy atom. The molecule has 4 unspecified atom stereocenters. The average Bonchev–Trinajstić information content (AvgIpc) is 2.88. The molecule has 0 aromatic heterocycles. The van der Waals surface area contributed by atoms with Crippen LogP contribution < -0.4 is 0 Å². The zero-order chi connectivity index (χ0) is 27.6. The number of aliphatic hydroxyl groups excluding tert-OH is 3. The molecule has 0 amide bonds. The van der Waals surface area contributed by atoms with Crippen LogP contribution in [0.2, 0.25) is 0 Å². The third kappa shape index (κ3) is 24.3. The van der Waals surface area contributed by atoms with Gasteiger partial charge in [-0.05, 0) is 62.8 Å². The van der Waals surface area contributed by atoms with Gasteiger partial charge in [0.1, 0.15) is 18.3 Å². The number of ether oxygens (including phenoxy) is 1. The first kappa shape index (κ1) is 33.8. The first-order valence-corrected chi connectivity index (χ1v) is 13.0. The van der Waals surface area contributed by atoms with E-state index < -0.39 is 30.4 Å². The molecule has 0 fully saturated rings. The van der Waals surface area contributed by atoms with Crippen molar-refractivity contribution in [3.05, 3.63) is 36.5 Å². The van der Waals surface area contributed by atoms with Crippen LogP contribution >= 0.6 is 0 Å². The molecule has 0 saturated carbocycles. The first-order chi connectivity index (χ1) is 17.9. The van der Waals surface area contributed by atoms with Crippen molar-refractivity contribution in [2.45, 2.75) is 108 Å². The molecule has 0 spiro atoms. The van der Waals surface area contributed by atoms with Crippen LogP contribution in [0.25, 0.3) is 0 Å². The Morgan fingerprint density at radius 1 is 0.703 bits per heavy atom. The highest BCUT2D eigenvalue weighted by atomic mass is 16.5. The lowest BCUT2D eigenvalue weighted by Gasteiger charge is -2.04. The fourth-order valence-electron chi connectivity index (χ4n) is 3.13. The summed E-state index contributed by atoms with van der Waals surface area (Å²) < 4.78 is 4.94. The summed E-state index contributed by atoms with van der Waals surface area (Å²) in [6.07, 6.45) is 28.7. The lowest BCUT2D eigenvalue weighted by Crippen LogP contribution is -2.10. The smallest absolute Gasteiger partial charge is 0.304 e. The van der Waals surface area contributed by atoms with E-state index >= 15 is 0 Å². The summed E-state index contributed by atoms with van der Waals surface area (Å²) in [5, 5.41) is 29.0. The van der Waals surface area contributed by atoms with Gasteiger partial charge in [0.15, 0.2) is 6.10 Å². The quantitative estimate of drug-likeness (QED) is 0.116. The fourth-order valence-corrected chi connectivity index (χ4v) is 3.13. The third-order valence-electron chi connectivity index (χ3n) is 5.08. The first-order valence-electron chi connectivity index (χ1n) is 13.0. The molecule has 0 aromatic rings. The van der Waals surface area contributed by atoms with E-state index in [0.29, 0.717) is 6.42 Å². The van der Waals surface area contributed by atoms with Gasteiger partial charge in [-0.1, -0.05) is 61.5 Å². The highest BCUT2D eigenvalue weighted by Gasteiger charge is 2.02. The van der Waals surface area contributed by atoms with Gasteiger partial charge in [0.05, 0.1) is 0 Å². The van der Waals surface area contributed by atoms with Gasteiger partial charge >= 0.3 is 5.97 Å². The molecule has 4 atom stereocenters. The van der Waals surface area contributed by atoms with Crippen LogP contribution in [-0.4, -0.2) is 45.7 Å². The predicted molar refractivity (Wildman–Crippen MR) is 150 cm³/mol. The minimum Gasteiger partial charge on any atom is -0.445 e. The number of esters is 1. The molecular formula is C32H42O5. The molecule has 37 heavy (non-hydrogen) atoms. The highest BCUT2D eigenvalue weighted by Crippen LogP contribution is 2.07. The number of carbonyl (C=O) groups is 1. The Morgan fingerprint density at radius 2 is 1.19 bits per heavy atom. The van der Waals surface area contributed by atoms with E-state index in [0.717, 1.165) is 70.6 Å². The molecule has 0 aromatic carbocycles. The molecule has 0 saturated heterocycles. The average molecular weight is 507 g/mol. The van der Waals surface area contributed by atoms with E-state index in [4.69, 9.17) is 17.6 Å². The van der Waals surface area contributed by atoms with Crippen LogP contribution in [0.15, 0.2) is 36.5 Å². The number of hydrogen-bond donors (Lipinski definition) is 3. The topological polar surface area (TPSA) is 87.0 Å². The number of aliphatic hydroxyl groups is 3. The number of unbranched alkanes of at least 4 members (excludes halogenated alkanes) is 10. The van der Waals surface area contributed by atoms with Crippen molar-refractivity contribution in [1.29, 1.82) is 0 Å². The van der Waals surface area contributed by atoms with Gasteiger partial charge in [-0.2, -0.15) is 0 Å². The van der Waals surface area contributed by atoms with Crippen molar-refractivity contribution in [2.75, 3.05) is 0 Å². The Labute approximate surface area is 224 Å². The molecule has 200 valence electrons. The zero-order valence-electron chi connectivity index (χ0n) is 22.1. The number of allylic oxidation sites excluding steroid dienone is 2. The Balaban J connectivity index is 3.84. The maximum absolute atomic E-state index is 10.9. The second kappa shape index (κ2) is 24.5. The lowest BCUT2D eigenvalue weighted by molar-refractivity contribution is -0.142. The molecule has 0 radical (unpaired) electrons. The number of terminal acetylenes is 2. The molecule has 0 bridgehead atoms. The SMILES string of the molecule is C#CC(O)C=CCCCCCCC#CC(O)C=CC(O)C#CCCCCCCC=CC(C#C)OC(C)=O. The largest absolute Gasteiger partial charge is 0.445 e. The maximum Gasteiger partial charge on any atom is 0.304 e. The molecule has 0 rings (SSSR count). The second-order valence-electron chi connectivity index (χ2n) is 8.49. The van der Waals surface area contributed by atoms with E-state index in [1.807, 2.05) is 12.2 Å². The van der Waals surface area contributed by atoms with Crippen molar-refractivity contribution in [2.24, 2.45) is 0 Å². The lowest BCUT2D eigenvalue weighted by atomic mass is 10.1. The van der Waals surface area contributed by atoms with Gasteiger partial charge in [-0.3, -0.25) is 4.79 Å². The van der Waals surface area contributed by atoms with Crippen LogP contribution in [0.3, 0.4) is 0 Å². The highest BCUT2D eigenvalue weighted by molar-refractivity contribution is 5.66. The predicted octanol–water partition coefficient (Wildman–Crippen LogP) is 4.62. The standard InChI is InChI=1S/C32H42O5/c1-4-29(34)22-18-14-10-6-7-11-15-19-23-30(35)26-27-31(36)24-20-16-12-8-9-13-17-21-25-32(5-2)37-28(3)33/h1-2,18,21-22,25-27,29-32,34-36H,6-17H2,3H3. The zero-order valence-corrected chi connectivity index (χ0v) is 22.1.